The van der Waals surface area contributed by atoms with E-state index in [0.29, 0.717) is 13.0 Å². The molecule has 9 heteroatoms. The molecule has 3 N–H and O–H groups in total. The molecule has 2 fully saturated rings. The zero-order valence-corrected chi connectivity index (χ0v) is 23.8. The third kappa shape index (κ3) is 7.26. The van der Waals surface area contributed by atoms with Crippen LogP contribution in [-0.2, 0) is 14.3 Å². The molecule has 0 aromatic carbocycles. The molecular weight excluding hydrogens is 492 g/mol. The lowest BCUT2D eigenvalue weighted by Crippen LogP contribution is -2.45. The molecule has 2 aliphatic heterocycles. The molecule has 0 saturated carbocycles. The molecule has 3 heterocycles. The summed E-state index contributed by atoms with van der Waals surface area (Å²) in [6.45, 7) is 11.4. The Morgan fingerprint density at radius 1 is 1.24 bits per heavy atom. The van der Waals surface area contributed by atoms with Crippen molar-refractivity contribution in [2.24, 2.45) is 17.3 Å². The van der Waals surface area contributed by atoms with Gasteiger partial charge in [-0.05, 0) is 44.3 Å². The van der Waals surface area contributed by atoms with Crippen molar-refractivity contribution in [1.82, 2.24) is 9.88 Å². The number of β-amino-alcohol motifs (C(OH)–C–C–N with tert-alkyl or cyclic N) is 1. The summed E-state index contributed by atoms with van der Waals surface area (Å²) in [5.74, 6) is -1.57. The Balaban J connectivity index is 1.88. The number of nitrogens with zero attached hydrogens (tertiary/aromatic N) is 2. The summed E-state index contributed by atoms with van der Waals surface area (Å²) in [6.07, 6.45) is 2.19. The second-order valence-corrected chi connectivity index (χ2v) is 12.5. The van der Waals surface area contributed by atoms with Crippen LogP contribution in [0.3, 0.4) is 0 Å². The second kappa shape index (κ2) is 12.5. The van der Waals surface area contributed by atoms with Gasteiger partial charge in [0.05, 0.1) is 41.4 Å². The maximum atomic E-state index is 13.3. The number of Topliss-reactive ketones (excluding diaryl/α,β-unsaturated/α-hetero) is 1. The highest BCUT2D eigenvalue weighted by atomic mass is 32.1. The minimum atomic E-state index is -1.24. The molecule has 2 aliphatic rings. The monoisotopic (exact) mass is 536 g/mol. The fourth-order valence-electron chi connectivity index (χ4n) is 5.65. The van der Waals surface area contributed by atoms with Crippen molar-refractivity contribution in [2.45, 2.75) is 104 Å². The molecule has 8 atom stereocenters. The molecule has 3 rings (SSSR count). The summed E-state index contributed by atoms with van der Waals surface area (Å²) in [4.78, 5) is 33.1. The highest BCUT2D eigenvalue weighted by Crippen LogP contribution is 2.39. The number of thiazole rings is 1. The van der Waals surface area contributed by atoms with Crippen molar-refractivity contribution < 1.29 is 29.6 Å². The first-order valence-corrected chi connectivity index (χ1v) is 14.3. The Morgan fingerprint density at radius 2 is 1.95 bits per heavy atom. The van der Waals surface area contributed by atoms with Gasteiger partial charge in [-0.3, -0.25) is 14.5 Å². The smallest absolute Gasteiger partial charge is 0.309 e. The van der Waals surface area contributed by atoms with E-state index >= 15 is 0 Å². The van der Waals surface area contributed by atoms with E-state index in [1.165, 1.54) is 0 Å². The lowest BCUT2D eigenvalue weighted by molar-refractivity contribution is -0.154. The SMILES string of the molecule is CC(=Cc1csc(C)n1)[C@@H]1C[C@H]2[C@@H](CCC[C@H](C)[C@H](O)[C@@H](C)C(=O)C(C)(C)[C@@H](O)CC(=O)O1)N2CCO. The largest absolute Gasteiger partial charge is 0.458 e. The fraction of sp³-hybridized carbons (Fsp3) is 0.750. The maximum Gasteiger partial charge on any atom is 0.309 e. The van der Waals surface area contributed by atoms with Gasteiger partial charge in [0.15, 0.2) is 0 Å². The number of hydrogen-bond donors (Lipinski definition) is 3. The number of aryl methyl sites for hydroxylation is 1. The summed E-state index contributed by atoms with van der Waals surface area (Å²) in [5, 5.41) is 34.3. The number of cyclic esters (lactones) is 1. The van der Waals surface area contributed by atoms with E-state index < -0.39 is 35.6 Å². The minimum absolute atomic E-state index is 0.0559. The number of fused-ring (bicyclic) bond motifs is 1. The van der Waals surface area contributed by atoms with E-state index in [1.54, 1.807) is 32.1 Å². The molecule has 1 aromatic heterocycles. The van der Waals surface area contributed by atoms with E-state index in [2.05, 4.69) is 9.88 Å². The molecule has 1 unspecified atom stereocenters. The zero-order chi connectivity index (χ0) is 27.5. The number of hydrogen-bond acceptors (Lipinski definition) is 9. The van der Waals surface area contributed by atoms with Crippen molar-refractivity contribution in [1.29, 1.82) is 0 Å². The molecule has 0 spiro atoms. The first-order chi connectivity index (χ1) is 17.4. The summed E-state index contributed by atoms with van der Waals surface area (Å²) < 4.78 is 5.94. The molecule has 0 amide bonds. The van der Waals surface area contributed by atoms with Crippen molar-refractivity contribution in [2.75, 3.05) is 13.2 Å². The Bertz CT molecular complexity index is 976. The quantitative estimate of drug-likeness (QED) is 0.396. The van der Waals surface area contributed by atoms with Crippen LogP contribution in [0.2, 0.25) is 0 Å². The van der Waals surface area contributed by atoms with E-state index in [-0.39, 0.29) is 36.8 Å². The molecule has 8 nitrogen and oxygen atoms in total. The fourth-order valence-corrected chi connectivity index (χ4v) is 6.22. The summed E-state index contributed by atoms with van der Waals surface area (Å²) in [7, 11) is 0. The molecule has 0 radical (unpaired) electrons. The summed E-state index contributed by atoms with van der Waals surface area (Å²) >= 11 is 1.55. The zero-order valence-electron chi connectivity index (χ0n) is 23.0. The Kier molecular flexibility index (Phi) is 10.1. The summed E-state index contributed by atoms with van der Waals surface area (Å²) in [6, 6.07) is 0.434. The summed E-state index contributed by atoms with van der Waals surface area (Å²) in [5.41, 5.74) is 0.467. The van der Waals surface area contributed by atoms with Crippen LogP contribution in [0.1, 0.15) is 77.4 Å². The van der Waals surface area contributed by atoms with Gasteiger partial charge in [0, 0.05) is 36.3 Å². The lowest BCUT2D eigenvalue weighted by atomic mass is 9.73. The predicted octanol–water partition coefficient (Wildman–Crippen LogP) is 3.37. The molecule has 0 aliphatic carbocycles. The van der Waals surface area contributed by atoms with Crippen molar-refractivity contribution >= 4 is 29.2 Å². The predicted molar refractivity (Wildman–Crippen MR) is 144 cm³/mol. The van der Waals surface area contributed by atoms with Gasteiger partial charge in [-0.2, -0.15) is 0 Å². The molecule has 208 valence electrons. The van der Waals surface area contributed by atoms with Crippen LogP contribution in [0.15, 0.2) is 11.0 Å². The molecule has 0 bridgehead atoms. The van der Waals surface area contributed by atoms with E-state index in [4.69, 9.17) is 4.74 Å². The minimum Gasteiger partial charge on any atom is -0.458 e. The van der Waals surface area contributed by atoms with Gasteiger partial charge in [-0.25, -0.2) is 4.98 Å². The van der Waals surface area contributed by atoms with Gasteiger partial charge in [0.2, 0.25) is 0 Å². The van der Waals surface area contributed by atoms with E-state index in [9.17, 15) is 24.9 Å². The van der Waals surface area contributed by atoms with Gasteiger partial charge in [-0.1, -0.05) is 34.1 Å². The molecule has 37 heavy (non-hydrogen) atoms. The Morgan fingerprint density at radius 3 is 2.57 bits per heavy atom. The van der Waals surface area contributed by atoms with Crippen LogP contribution in [0.4, 0.5) is 0 Å². The molecule has 1 aromatic rings. The molecular formula is C28H44N2O6S. The maximum absolute atomic E-state index is 13.3. The van der Waals surface area contributed by atoms with Crippen molar-refractivity contribution in [3.8, 4) is 0 Å². The number of aliphatic hydroxyl groups is 3. The van der Waals surface area contributed by atoms with E-state index in [1.807, 2.05) is 32.2 Å². The van der Waals surface area contributed by atoms with Gasteiger partial charge >= 0.3 is 5.97 Å². The average Bonchev–Trinajstić information content (AvgIpc) is 3.29. The normalized spacial score (nSPS) is 36.1. The number of esters is 1. The van der Waals surface area contributed by atoms with Crippen LogP contribution in [0, 0.1) is 24.2 Å². The van der Waals surface area contributed by atoms with Crippen molar-refractivity contribution in [3.63, 3.8) is 0 Å². The van der Waals surface area contributed by atoms with Crippen LogP contribution in [-0.4, -0.2) is 80.5 Å². The highest BCUT2D eigenvalue weighted by molar-refractivity contribution is 7.09. The Hall–Kier alpha value is -1.65. The standard InChI is InChI=1S/C28H44N2O6S/c1-16-8-7-9-21-22(30(21)10-11-31)13-23(17(2)12-20-15-37-19(4)29-20)36-25(33)14-24(32)28(5,6)27(35)18(3)26(16)34/h12,15-16,18,21-24,26,31-32,34H,7-11,13-14H2,1-6H3/t16-,18+,21+,22-,23-,24-,26-,30?/m0/s1. The van der Waals surface area contributed by atoms with E-state index in [0.717, 1.165) is 35.5 Å². The van der Waals surface area contributed by atoms with Crippen molar-refractivity contribution in [3.05, 3.63) is 21.7 Å². The number of ether oxygens (including phenoxy) is 1. The van der Waals surface area contributed by atoms with Gasteiger partial charge in [-0.15, -0.1) is 11.3 Å². The average molecular weight is 537 g/mol. The van der Waals surface area contributed by atoms with Gasteiger partial charge in [0.25, 0.3) is 0 Å². The topological polar surface area (TPSA) is 120 Å². The third-order valence-electron chi connectivity index (χ3n) is 8.31. The Labute approximate surface area is 224 Å². The van der Waals surface area contributed by atoms with Crippen LogP contribution in [0.5, 0.6) is 0 Å². The molecule has 2 saturated heterocycles. The van der Waals surface area contributed by atoms with Crippen LogP contribution >= 0.6 is 11.3 Å². The van der Waals surface area contributed by atoms with Gasteiger partial charge < -0.3 is 20.1 Å². The number of carbonyl (C=O) groups is 2. The third-order valence-corrected chi connectivity index (χ3v) is 9.10. The number of ketones is 1. The number of carbonyl (C=O) groups excluding carboxylic acids is 2. The second-order valence-electron chi connectivity index (χ2n) is 11.5. The number of rotatable bonds is 4. The van der Waals surface area contributed by atoms with Gasteiger partial charge in [0.1, 0.15) is 11.9 Å². The van der Waals surface area contributed by atoms with Crippen LogP contribution < -0.4 is 0 Å². The number of aliphatic hydroxyl groups excluding tert-OH is 3. The highest BCUT2D eigenvalue weighted by Gasteiger charge is 2.48. The lowest BCUT2D eigenvalue weighted by Gasteiger charge is -2.34. The first kappa shape index (κ1) is 29.9. The first-order valence-electron chi connectivity index (χ1n) is 13.4. The van der Waals surface area contributed by atoms with Crippen LogP contribution in [0.25, 0.3) is 6.08 Å². The number of aromatic nitrogens is 1.